The van der Waals surface area contributed by atoms with Crippen LogP contribution in [0.5, 0.6) is 0 Å². The molecule has 2 saturated heterocycles. The molecule has 25 heavy (non-hydrogen) atoms. The third-order valence-electron chi connectivity index (χ3n) is 5.08. The molecule has 1 amide bonds. The molecular formula is C17H32IN5OS. The molecule has 8 heteroatoms. The van der Waals surface area contributed by atoms with Crippen LogP contribution in [-0.2, 0) is 4.79 Å². The van der Waals surface area contributed by atoms with E-state index < -0.39 is 0 Å². The van der Waals surface area contributed by atoms with E-state index in [0.717, 1.165) is 57.4 Å². The molecule has 0 aromatic rings. The first-order valence-corrected chi connectivity index (χ1v) is 10.4. The molecule has 3 aliphatic rings. The van der Waals surface area contributed by atoms with Gasteiger partial charge in [-0.1, -0.05) is 0 Å². The van der Waals surface area contributed by atoms with Gasteiger partial charge in [-0.2, -0.15) is 11.8 Å². The Labute approximate surface area is 173 Å². The van der Waals surface area contributed by atoms with Gasteiger partial charge < -0.3 is 15.5 Å². The average Bonchev–Trinajstić information content (AvgIpc) is 3.41. The largest absolute Gasteiger partial charge is 0.356 e. The second kappa shape index (κ2) is 10.8. The minimum atomic E-state index is 0. The van der Waals surface area contributed by atoms with E-state index in [9.17, 15) is 4.79 Å². The summed E-state index contributed by atoms with van der Waals surface area (Å²) in [6.45, 7) is 5.32. The lowest BCUT2D eigenvalue weighted by molar-refractivity contribution is -0.122. The number of nitrogens with zero attached hydrogens (tertiary/aromatic N) is 3. The minimum Gasteiger partial charge on any atom is -0.356 e. The summed E-state index contributed by atoms with van der Waals surface area (Å²) in [5.41, 5.74) is 0. The summed E-state index contributed by atoms with van der Waals surface area (Å²) in [4.78, 5) is 20.9. The van der Waals surface area contributed by atoms with Gasteiger partial charge in [-0.3, -0.25) is 14.7 Å². The molecule has 3 fully saturated rings. The van der Waals surface area contributed by atoms with Gasteiger partial charge in [0.15, 0.2) is 5.96 Å². The highest BCUT2D eigenvalue weighted by Crippen LogP contribution is 2.22. The Kier molecular flexibility index (Phi) is 9.12. The highest BCUT2D eigenvalue weighted by molar-refractivity contribution is 14.0. The number of carbonyl (C=O) groups excluding carboxylic acids is 1. The number of thioether (sulfide) groups is 1. The summed E-state index contributed by atoms with van der Waals surface area (Å²) in [7, 11) is 1.87. The van der Waals surface area contributed by atoms with Crippen LogP contribution in [0.3, 0.4) is 0 Å². The summed E-state index contributed by atoms with van der Waals surface area (Å²) < 4.78 is 0. The third kappa shape index (κ3) is 7.13. The van der Waals surface area contributed by atoms with Crippen molar-refractivity contribution in [2.45, 2.75) is 31.7 Å². The Morgan fingerprint density at radius 2 is 1.80 bits per heavy atom. The SMILES string of the molecule is CN=C(NCC1CCSCC1)N1CCN(CC(=O)NC2CC2)CC1.I. The molecule has 0 radical (unpaired) electrons. The van der Waals surface area contributed by atoms with Crippen molar-refractivity contribution in [1.82, 2.24) is 20.4 Å². The molecule has 2 N–H and O–H groups in total. The summed E-state index contributed by atoms with van der Waals surface area (Å²) in [5, 5.41) is 6.64. The van der Waals surface area contributed by atoms with Crippen LogP contribution in [0.1, 0.15) is 25.7 Å². The first-order valence-electron chi connectivity index (χ1n) is 9.29. The first-order chi connectivity index (χ1) is 11.7. The second-order valence-corrected chi connectivity index (χ2v) is 8.31. The summed E-state index contributed by atoms with van der Waals surface area (Å²) in [6.07, 6.45) is 4.94. The number of nitrogens with one attached hydrogen (secondary N) is 2. The van der Waals surface area contributed by atoms with Gasteiger partial charge in [0.05, 0.1) is 6.54 Å². The molecule has 0 aromatic heterocycles. The molecule has 0 atom stereocenters. The second-order valence-electron chi connectivity index (χ2n) is 7.09. The number of hydrogen-bond donors (Lipinski definition) is 2. The van der Waals surface area contributed by atoms with E-state index in [1.165, 1.54) is 24.3 Å². The summed E-state index contributed by atoms with van der Waals surface area (Å²) >= 11 is 2.07. The molecule has 1 saturated carbocycles. The maximum absolute atomic E-state index is 11.9. The van der Waals surface area contributed by atoms with Crippen molar-refractivity contribution in [2.75, 3.05) is 57.8 Å². The smallest absolute Gasteiger partial charge is 0.234 e. The normalized spacial score (nSPS) is 23.1. The molecular weight excluding hydrogens is 449 g/mol. The maximum atomic E-state index is 11.9. The zero-order valence-electron chi connectivity index (χ0n) is 15.2. The van der Waals surface area contributed by atoms with Crippen molar-refractivity contribution >= 4 is 47.6 Å². The van der Waals surface area contributed by atoms with Crippen LogP contribution in [0, 0.1) is 5.92 Å². The molecule has 0 bridgehead atoms. The number of rotatable bonds is 5. The molecule has 0 spiro atoms. The Hall–Kier alpha value is -0.220. The Morgan fingerprint density at radius 3 is 2.40 bits per heavy atom. The van der Waals surface area contributed by atoms with E-state index in [0.29, 0.717) is 12.6 Å². The molecule has 1 aliphatic carbocycles. The Morgan fingerprint density at radius 1 is 1.12 bits per heavy atom. The fourth-order valence-corrected chi connectivity index (χ4v) is 4.54. The van der Waals surface area contributed by atoms with Gasteiger partial charge in [-0.15, -0.1) is 24.0 Å². The van der Waals surface area contributed by atoms with Gasteiger partial charge in [0.2, 0.25) is 5.91 Å². The lowest BCUT2D eigenvalue weighted by Crippen LogP contribution is -2.54. The zero-order valence-corrected chi connectivity index (χ0v) is 18.4. The quantitative estimate of drug-likeness (QED) is 0.352. The van der Waals surface area contributed by atoms with E-state index in [1.54, 1.807) is 0 Å². The van der Waals surface area contributed by atoms with Gasteiger partial charge in [0, 0.05) is 45.8 Å². The van der Waals surface area contributed by atoms with Crippen LogP contribution in [0.25, 0.3) is 0 Å². The van der Waals surface area contributed by atoms with Crippen LogP contribution in [-0.4, -0.2) is 85.5 Å². The van der Waals surface area contributed by atoms with Gasteiger partial charge in [0.25, 0.3) is 0 Å². The van der Waals surface area contributed by atoms with E-state index >= 15 is 0 Å². The van der Waals surface area contributed by atoms with Crippen molar-refractivity contribution in [1.29, 1.82) is 0 Å². The molecule has 3 rings (SSSR count). The molecule has 2 aliphatic heterocycles. The van der Waals surface area contributed by atoms with Crippen LogP contribution in [0.15, 0.2) is 4.99 Å². The number of carbonyl (C=O) groups is 1. The molecule has 0 aromatic carbocycles. The fraction of sp³-hybridized carbons (Fsp3) is 0.882. The van der Waals surface area contributed by atoms with Gasteiger partial charge in [-0.25, -0.2) is 0 Å². The Balaban J connectivity index is 0.00000225. The maximum Gasteiger partial charge on any atom is 0.234 e. The van der Waals surface area contributed by atoms with E-state index in [-0.39, 0.29) is 29.9 Å². The van der Waals surface area contributed by atoms with E-state index in [1.807, 2.05) is 7.05 Å². The summed E-state index contributed by atoms with van der Waals surface area (Å²) in [5.74, 6) is 4.59. The van der Waals surface area contributed by atoms with Crippen LogP contribution >= 0.6 is 35.7 Å². The predicted octanol–water partition coefficient (Wildman–Crippen LogP) is 1.22. The molecule has 144 valence electrons. The zero-order chi connectivity index (χ0) is 16.8. The van der Waals surface area contributed by atoms with Crippen molar-refractivity contribution < 1.29 is 4.79 Å². The van der Waals surface area contributed by atoms with Crippen molar-refractivity contribution in [3.63, 3.8) is 0 Å². The van der Waals surface area contributed by atoms with Crippen LogP contribution in [0.2, 0.25) is 0 Å². The molecule has 0 unspecified atom stereocenters. The van der Waals surface area contributed by atoms with Gasteiger partial charge in [0.1, 0.15) is 0 Å². The first kappa shape index (κ1) is 21.1. The Bertz CT molecular complexity index is 446. The van der Waals surface area contributed by atoms with Gasteiger partial charge in [-0.05, 0) is 43.1 Å². The van der Waals surface area contributed by atoms with E-state index in [4.69, 9.17) is 0 Å². The fourth-order valence-electron chi connectivity index (χ4n) is 3.34. The van der Waals surface area contributed by atoms with E-state index in [2.05, 4.69) is 37.2 Å². The predicted molar refractivity (Wildman–Crippen MR) is 116 cm³/mol. The van der Waals surface area contributed by atoms with Crippen molar-refractivity contribution in [3.05, 3.63) is 0 Å². The highest BCUT2D eigenvalue weighted by atomic mass is 127. The lowest BCUT2D eigenvalue weighted by Gasteiger charge is -2.36. The summed E-state index contributed by atoms with van der Waals surface area (Å²) in [6, 6.07) is 0.458. The number of hydrogen-bond acceptors (Lipinski definition) is 4. The lowest BCUT2D eigenvalue weighted by atomic mass is 10.0. The minimum absolute atomic E-state index is 0. The van der Waals surface area contributed by atoms with Crippen molar-refractivity contribution in [2.24, 2.45) is 10.9 Å². The number of aliphatic imine (C=N–C) groups is 1. The van der Waals surface area contributed by atoms with Crippen LogP contribution < -0.4 is 10.6 Å². The molecule has 6 nitrogen and oxygen atoms in total. The van der Waals surface area contributed by atoms with Crippen LogP contribution in [0.4, 0.5) is 0 Å². The number of guanidine groups is 1. The number of piperazine rings is 1. The highest BCUT2D eigenvalue weighted by Gasteiger charge is 2.26. The number of halogens is 1. The molecule has 2 heterocycles. The standard InChI is InChI=1S/C17H31N5OS.HI/c1-18-17(19-12-14-4-10-24-11-5-14)22-8-6-21(7-9-22)13-16(23)20-15-2-3-15;/h14-15H,2-13H2,1H3,(H,18,19)(H,20,23);1H. The third-order valence-corrected chi connectivity index (χ3v) is 6.13. The van der Waals surface area contributed by atoms with Gasteiger partial charge >= 0.3 is 0 Å². The van der Waals surface area contributed by atoms with Crippen molar-refractivity contribution in [3.8, 4) is 0 Å². The topological polar surface area (TPSA) is 60.0 Å². The number of amides is 1. The monoisotopic (exact) mass is 481 g/mol. The average molecular weight is 481 g/mol.